The standard InChI is InChI=1S/C21H20N2O5/c1-27-19(24)16(11-13-7-3-2-4-8-13)22-20(25)21-12-15(21)18(23-26)14-9-5-6-10-17(14)28-21/h2-10,15-16,26H,11-12H2,1H3,(H,22,25)/b23-18-/t15?,16-,21?/m0/s1. The summed E-state index contributed by atoms with van der Waals surface area (Å²) in [7, 11) is 1.29. The largest absolute Gasteiger partial charge is 0.476 e. The minimum absolute atomic E-state index is 0.303. The summed E-state index contributed by atoms with van der Waals surface area (Å²) in [4.78, 5) is 25.3. The molecule has 0 aromatic heterocycles. The van der Waals surface area contributed by atoms with Gasteiger partial charge in [0.2, 0.25) is 0 Å². The molecule has 7 nitrogen and oxygen atoms in total. The Morgan fingerprint density at radius 2 is 1.96 bits per heavy atom. The maximum atomic E-state index is 13.1. The van der Waals surface area contributed by atoms with Crippen molar-refractivity contribution in [1.82, 2.24) is 5.32 Å². The molecule has 0 radical (unpaired) electrons. The summed E-state index contributed by atoms with van der Waals surface area (Å²) < 4.78 is 10.9. The van der Waals surface area contributed by atoms with Crippen molar-refractivity contribution >= 4 is 17.6 Å². The third-order valence-corrected chi connectivity index (χ3v) is 5.26. The van der Waals surface area contributed by atoms with Gasteiger partial charge in [-0.3, -0.25) is 4.79 Å². The lowest BCUT2D eigenvalue weighted by Gasteiger charge is -2.27. The maximum absolute atomic E-state index is 13.1. The number of hydrogen-bond acceptors (Lipinski definition) is 6. The van der Waals surface area contributed by atoms with Gasteiger partial charge in [0.15, 0.2) is 5.60 Å². The van der Waals surface area contributed by atoms with Gasteiger partial charge in [0.25, 0.3) is 5.91 Å². The van der Waals surface area contributed by atoms with Crippen LogP contribution in [0.1, 0.15) is 17.5 Å². The quantitative estimate of drug-likeness (QED) is 0.469. The van der Waals surface area contributed by atoms with E-state index in [1.807, 2.05) is 36.4 Å². The number of fused-ring (bicyclic) bond motifs is 2. The fourth-order valence-electron chi connectivity index (χ4n) is 3.71. The van der Waals surface area contributed by atoms with Gasteiger partial charge in [-0.1, -0.05) is 47.6 Å². The Kier molecular flexibility index (Phi) is 4.50. The number of carbonyl (C=O) groups is 2. The fourth-order valence-corrected chi connectivity index (χ4v) is 3.71. The lowest BCUT2D eigenvalue weighted by Crippen LogP contribution is -2.52. The molecule has 2 unspecified atom stereocenters. The molecule has 0 bridgehead atoms. The highest BCUT2D eigenvalue weighted by molar-refractivity contribution is 6.13. The number of nitrogens with zero attached hydrogens (tertiary/aromatic N) is 1. The van der Waals surface area contributed by atoms with Gasteiger partial charge in [-0.25, -0.2) is 4.79 Å². The number of rotatable bonds is 5. The lowest BCUT2D eigenvalue weighted by molar-refractivity contribution is -0.146. The van der Waals surface area contributed by atoms with Gasteiger partial charge in [-0.2, -0.15) is 0 Å². The molecule has 0 spiro atoms. The summed E-state index contributed by atoms with van der Waals surface area (Å²) in [5, 5.41) is 15.6. The van der Waals surface area contributed by atoms with Crippen LogP contribution < -0.4 is 10.1 Å². The predicted molar refractivity (Wildman–Crippen MR) is 100 cm³/mol. The Balaban J connectivity index is 1.56. The SMILES string of the molecule is COC(=O)[C@H](Cc1ccccc1)NC(=O)C12CC1/C(=N\O)c1ccccc1O2. The Labute approximate surface area is 162 Å². The zero-order valence-electron chi connectivity index (χ0n) is 15.3. The lowest BCUT2D eigenvalue weighted by atomic mass is 9.99. The van der Waals surface area contributed by atoms with Gasteiger partial charge >= 0.3 is 5.97 Å². The van der Waals surface area contributed by atoms with Crippen molar-refractivity contribution in [3.8, 4) is 5.75 Å². The van der Waals surface area contributed by atoms with Crippen LogP contribution in [0.25, 0.3) is 0 Å². The molecule has 144 valence electrons. The third kappa shape index (κ3) is 2.98. The topological polar surface area (TPSA) is 97.2 Å². The first-order valence-corrected chi connectivity index (χ1v) is 9.02. The van der Waals surface area contributed by atoms with Crippen LogP contribution in [0, 0.1) is 5.92 Å². The van der Waals surface area contributed by atoms with Crippen LogP contribution in [-0.2, 0) is 20.7 Å². The van der Waals surface area contributed by atoms with Crippen molar-refractivity contribution in [2.24, 2.45) is 11.1 Å². The Bertz CT molecular complexity index is 943. The second kappa shape index (κ2) is 6.99. The Morgan fingerprint density at radius 3 is 2.68 bits per heavy atom. The van der Waals surface area contributed by atoms with Gasteiger partial charge < -0.3 is 20.0 Å². The highest BCUT2D eigenvalue weighted by Gasteiger charge is 2.68. The minimum Gasteiger partial charge on any atom is -0.476 e. The van der Waals surface area contributed by atoms with Crippen molar-refractivity contribution in [2.75, 3.05) is 7.11 Å². The molecule has 1 amide bonds. The summed E-state index contributed by atoms with van der Waals surface area (Å²) >= 11 is 0. The number of ether oxygens (including phenoxy) is 2. The number of oxime groups is 1. The first-order valence-electron chi connectivity index (χ1n) is 9.02. The normalized spacial score (nSPS) is 24.3. The molecular formula is C21H20N2O5. The summed E-state index contributed by atoms with van der Waals surface area (Å²) in [5.74, 6) is -0.822. The molecule has 2 aromatic carbocycles. The van der Waals surface area contributed by atoms with Crippen LogP contribution in [0.4, 0.5) is 0 Å². The molecule has 2 aliphatic rings. The van der Waals surface area contributed by atoms with E-state index in [-0.39, 0.29) is 5.92 Å². The summed E-state index contributed by atoms with van der Waals surface area (Å²) in [5.41, 5.74) is 0.828. The fraction of sp³-hybridized carbons (Fsp3) is 0.286. The molecule has 1 aliphatic carbocycles. The molecule has 3 atom stereocenters. The van der Waals surface area contributed by atoms with Crippen LogP contribution in [0.5, 0.6) is 5.75 Å². The van der Waals surface area contributed by atoms with Crippen molar-refractivity contribution < 1.29 is 24.3 Å². The molecule has 1 saturated carbocycles. The first-order chi connectivity index (χ1) is 13.6. The number of carbonyl (C=O) groups excluding carboxylic acids is 2. The van der Waals surface area contributed by atoms with Crippen molar-refractivity contribution in [3.63, 3.8) is 0 Å². The monoisotopic (exact) mass is 380 g/mol. The molecule has 28 heavy (non-hydrogen) atoms. The van der Waals surface area contributed by atoms with E-state index in [2.05, 4.69) is 10.5 Å². The average Bonchev–Trinajstić information content (AvgIpc) is 3.47. The minimum atomic E-state index is -1.17. The van der Waals surface area contributed by atoms with E-state index >= 15 is 0 Å². The van der Waals surface area contributed by atoms with E-state index in [1.165, 1.54) is 7.11 Å². The molecule has 2 aromatic rings. The molecule has 1 aliphatic heterocycles. The summed E-state index contributed by atoms with van der Waals surface area (Å²) in [6, 6.07) is 15.7. The van der Waals surface area contributed by atoms with Gasteiger partial charge in [-0.05, 0) is 17.7 Å². The molecule has 1 fully saturated rings. The van der Waals surface area contributed by atoms with Crippen LogP contribution in [0.3, 0.4) is 0 Å². The van der Waals surface area contributed by atoms with E-state index in [1.54, 1.807) is 18.2 Å². The number of amides is 1. The Morgan fingerprint density at radius 1 is 1.25 bits per heavy atom. The van der Waals surface area contributed by atoms with Crippen molar-refractivity contribution in [1.29, 1.82) is 0 Å². The average molecular weight is 380 g/mol. The third-order valence-electron chi connectivity index (χ3n) is 5.26. The second-order valence-corrected chi connectivity index (χ2v) is 6.97. The number of para-hydroxylation sites is 1. The van der Waals surface area contributed by atoms with Crippen molar-refractivity contribution in [3.05, 3.63) is 65.7 Å². The number of hydrogen-bond donors (Lipinski definition) is 2. The zero-order valence-corrected chi connectivity index (χ0v) is 15.3. The van der Waals surface area contributed by atoms with Gasteiger partial charge in [-0.15, -0.1) is 0 Å². The predicted octanol–water partition coefficient (Wildman–Crippen LogP) is 1.92. The highest BCUT2D eigenvalue weighted by Crippen LogP contribution is 2.54. The van der Waals surface area contributed by atoms with E-state index in [4.69, 9.17) is 9.47 Å². The molecule has 0 saturated heterocycles. The van der Waals surface area contributed by atoms with Crippen LogP contribution >= 0.6 is 0 Å². The summed E-state index contributed by atoms with van der Waals surface area (Å²) in [6.07, 6.45) is 0.684. The maximum Gasteiger partial charge on any atom is 0.328 e. The number of benzene rings is 2. The van der Waals surface area contributed by atoms with Crippen LogP contribution in [-0.4, -0.2) is 41.5 Å². The summed E-state index contributed by atoms with van der Waals surface area (Å²) in [6.45, 7) is 0. The molecule has 4 rings (SSSR count). The number of esters is 1. The second-order valence-electron chi connectivity index (χ2n) is 6.97. The van der Waals surface area contributed by atoms with E-state index in [9.17, 15) is 14.8 Å². The van der Waals surface area contributed by atoms with E-state index in [0.29, 0.717) is 29.9 Å². The molecule has 2 N–H and O–H groups in total. The van der Waals surface area contributed by atoms with E-state index < -0.39 is 23.5 Å². The van der Waals surface area contributed by atoms with Gasteiger partial charge in [0, 0.05) is 18.4 Å². The smallest absolute Gasteiger partial charge is 0.328 e. The highest BCUT2D eigenvalue weighted by atomic mass is 16.5. The first kappa shape index (κ1) is 18.0. The number of methoxy groups -OCH3 is 1. The Hall–Kier alpha value is -3.35. The number of nitrogens with one attached hydrogen (secondary N) is 1. The zero-order chi connectivity index (χ0) is 19.7. The van der Waals surface area contributed by atoms with Gasteiger partial charge in [0.05, 0.1) is 18.7 Å². The molecular weight excluding hydrogens is 360 g/mol. The van der Waals surface area contributed by atoms with Crippen LogP contribution in [0.15, 0.2) is 59.8 Å². The van der Waals surface area contributed by atoms with E-state index in [0.717, 1.165) is 5.56 Å². The molecule has 7 heteroatoms. The van der Waals surface area contributed by atoms with Crippen molar-refractivity contribution in [2.45, 2.75) is 24.5 Å². The van der Waals surface area contributed by atoms with Gasteiger partial charge in [0.1, 0.15) is 11.8 Å². The van der Waals surface area contributed by atoms with Crippen LogP contribution in [0.2, 0.25) is 0 Å². The molecule has 1 heterocycles.